The Kier molecular flexibility index (Phi) is 5.06. The number of hydrogen-bond acceptors (Lipinski definition) is 4. The van der Waals surface area contributed by atoms with Crippen LogP contribution < -0.4 is 5.56 Å². The number of halogens is 1. The second-order valence-electron chi connectivity index (χ2n) is 6.49. The zero-order chi connectivity index (χ0) is 18.1. The van der Waals surface area contributed by atoms with Crippen LogP contribution in [-0.2, 0) is 18.3 Å². The first kappa shape index (κ1) is 17.8. The number of likely N-dealkylation sites (N-methyl/N-ethyl adjacent to an activating group) is 2. The molecule has 1 fully saturated rings. The maximum Gasteiger partial charge on any atom is 0.272 e. The van der Waals surface area contributed by atoms with Crippen molar-refractivity contribution in [2.24, 2.45) is 7.05 Å². The summed E-state index contributed by atoms with van der Waals surface area (Å²) in [6.45, 7) is 1.61. The van der Waals surface area contributed by atoms with E-state index in [-0.39, 0.29) is 17.5 Å². The molecule has 1 amide bonds. The summed E-state index contributed by atoms with van der Waals surface area (Å²) in [7, 11) is 5.52. The minimum absolute atomic E-state index is 0.101. The van der Waals surface area contributed by atoms with Gasteiger partial charge in [0.15, 0.2) is 0 Å². The Balaban J connectivity index is 1.83. The van der Waals surface area contributed by atoms with Gasteiger partial charge in [-0.25, -0.2) is 4.98 Å². The van der Waals surface area contributed by atoms with E-state index >= 15 is 0 Å². The van der Waals surface area contributed by atoms with Crippen molar-refractivity contribution in [3.63, 3.8) is 0 Å². The number of benzene rings is 1. The van der Waals surface area contributed by atoms with E-state index in [1.54, 1.807) is 18.1 Å². The van der Waals surface area contributed by atoms with Gasteiger partial charge < -0.3 is 9.47 Å². The number of carbonyl (C=O) groups excluding carboxylic acids is 1. The number of aromatic nitrogens is 2. The summed E-state index contributed by atoms with van der Waals surface area (Å²) in [5, 5.41) is 0. The number of rotatable bonds is 3. The molecular formula is C18H21BrN4O2. The third-order valence-corrected chi connectivity index (χ3v) is 5.00. The molecule has 0 N–H and O–H groups in total. The summed E-state index contributed by atoms with van der Waals surface area (Å²) in [6, 6.07) is 7.62. The second kappa shape index (κ2) is 7.09. The van der Waals surface area contributed by atoms with Crippen LogP contribution in [0.3, 0.4) is 0 Å². The van der Waals surface area contributed by atoms with Crippen LogP contribution in [0.15, 0.2) is 39.9 Å². The number of hydrogen-bond donors (Lipinski definition) is 0. The van der Waals surface area contributed by atoms with Gasteiger partial charge in [-0.3, -0.25) is 14.5 Å². The first-order valence-electron chi connectivity index (χ1n) is 8.13. The first-order valence-corrected chi connectivity index (χ1v) is 8.92. The van der Waals surface area contributed by atoms with Crippen molar-refractivity contribution in [2.45, 2.75) is 12.5 Å². The van der Waals surface area contributed by atoms with E-state index in [2.05, 4.69) is 25.8 Å². The van der Waals surface area contributed by atoms with E-state index in [9.17, 15) is 9.59 Å². The van der Waals surface area contributed by atoms with Gasteiger partial charge in [-0.1, -0.05) is 24.3 Å². The SMILES string of the molecule is CN1CCN(C)C(c2ccc(Cc3nc(Br)cn(C)c3=O)cc2)C1=O. The van der Waals surface area contributed by atoms with E-state index in [1.807, 2.05) is 38.4 Å². The quantitative estimate of drug-likeness (QED) is 0.778. The number of piperazine rings is 1. The average Bonchev–Trinajstić information content (AvgIpc) is 2.57. The average molecular weight is 405 g/mol. The van der Waals surface area contributed by atoms with Gasteiger partial charge >= 0.3 is 0 Å². The molecule has 25 heavy (non-hydrogen) atoms. The summed E-state index contributed by atoms with van der Waals surface area (Å²) < 4.78 is 2.16. The number of amides is 1. The van der Waals surface area contributed by atoms with Crippen LogP contribution in [-0.4, -0.2) is 52.4 Å². The fourth-order valence-electron chi connectivity index (χ4n) is 3.10. The molecule has 1 aromatic heterocycles. The van der Waals surface area contributed by atoms with E-state index in [0.29, 0.717) is 16.7 Å². The Bertz CT molecular complexity index is 847. The Hall–Kier alpha value is -1.99. The zero-order valence-corrected chi connectivity index (χ0v) is 16.2. The minimum atomic E-state index is -0.246. The molecule has 0 spiro atoms. The number of aryl methyl sites for hydroxylation is 1. The molecule has 3 rings (SSSR count). The van der Waals surface area contributed by atoms with Gasteiger partial charge in [0, 0.05) is 39.8 Å². The molecule has 6 nitrogen and oxygen atoms in total. The second-order valence-corrected chi connectivity index (χ2v) is 7.30. The molecule has 2 heterocycles. The van der Waals surface area contributed by atoms with Crippen molar-refractivity contribution in [2.75, 3.05) is 27.2 Å². The van der Waals surface area contributed by atoms with Crippen LogP contribution in [0.5, 0.6) is 0 Å². The lowest BCUT2D eigenvalue weighted by molar-refractivity contribution is -0.139. The number of nitrogens with zero attached hydrogens (tertiary/aromatic N) is 4. The van der Waals surface area contributed by atoms with Crippen LogP contribution in [0.2, 0.25) is 0 Å². The monoisotopic (exact) mass is 404 g/mol. The molecule has 1 unspecified atom stereocenters. The molecule has 132 valence electrons. The van der Waals surface area contributed by atoms with Crippen LogP contribution in [0.25, 0.3) is 0 Å². The normalized spacial score (nSPS) is 18.6. The fraction of sp³-hybridized carbons (Fsp3) is 0.389. The standard InChI is InChI=1S/C18H21BrN4O2/c1-21-8-9-22(2)18(25)16(21)13-6-4-12(5-7-13)10-14-17(24)23(3)11-15(19)20-14/h4-7,11,16H,8-10H2,1-3H3. The van der Waals surface area contributed by atoms with E-state index in [1.165, 1.54) is 4.57 Å². The number of carbonyl (C=O) groups is 1. The highest BCUT2D eigenvalue weighted by Crippen LogP contribution is 2.25. The smallest absolute Gasteiger partial charge is 0.272 e. The van der Waals surface area contributed by atoms with Crippen LogP contribution in [0, 0.1) is 0 Å². The van der Waals surface area contributed by atoms with Crippen molar-refractivity contribution >= 4 is 21.8 Å². The third-order valence-electron chi connectivity index (χ3n) is 4.62. The zero-order valence-electron chi connectivity index (χ0n) is 14.6. The van der Waals surface area contributed by atoms with E-state index in [4.69, 9.17) is 0 Å². The lowest BCUT2D eigenvalue weighted by atomic mass is 9.99. The Morgan fingerprint density at radius 2 is 1.80 bits per heavy atom. The minimum Gasteiger partial charge on any atom is -0.343 e. The molecule has 0 aliphatic carbocycles. The Morgan fingerprint density at radius 3 is 2.48 bits per heavy atom. The van der Waals surface area contributed by atoms with Gasteiger partial charge in [-0.05, 0) is 34.1 Å². The molecular weight excluding hydrogens is 384 g/mol. The van der Waals surface area contributed by atoms with E-state index in [0.717, 1.165) is 24.2 Å². The lowest BCUT2D eigenvalue weighted by Gasteiger charge is -2.37. The molecule has 2 aromatic rings. The van der Waals surface area contributed by atoms with Crippen molar-refractivity contribution in [1.82, 2.24) is 19.4 Å². The van der Waals surface area contributed by atoms with Crippen molar-refractivity contribution in [3.05, 3.63) is 62.2 Å². The molecule has 1 aliphatic heterocycles. The maximum atomic E-state index is 12.5. The van der Waals surface area contributed by atoms with Gasteiger partial charge in [-0.2, -0.15) is 0 Å². The third kappa shape index (κ3) is 3.67. The van der Waals surface area contributed by atoms with E-state index < -0.39 is 0 Å². The molecule has 7 heteroatoms. The van der Waals surface area contributed by atoms with Gasteiger partial charge in [0.2, 0.25) is 5.91 Å². The largest absolute Gasteiger partial charge is 0.343 e. The Morgan fingerprint density at radius 1 is 1.12 bits per heavy atom. The van der Waals surface area contributed by atoms with Crippen molar-refractivity contribution in [1.29, 1.82) is 0 Å². The van der Waals surface area contributed by atoms with Crippen molar-refractivity contribution < 1.29 is 4.79 Å². The molecule has 1 atom stereocenters. The highest BCUT2D eigenvalue weighted by Gasteiger charge is 2.31. The Labute approximate surface area is 155 Å². The molecule has 1 aromatic carbocycles. The summed E-state index contributed by atoms with van der Waals surface area (Å²) in [5.74, 6) is 0.115. The van der Waals surface area contributed by atoms with Crippen molar-refractivity contribution in [3.8, 4) is 0 Å². The fourth-order valence-corrected chi connectivity index (χ4v) is 3.62. The maximum absolute atomic E-state index is 12.5. The topological polar surface area (TPSA) is 58.4 Å². The predicted octanol–water partition coefficient (Wildman–Crippen LogP) is 1.58. The highest BCUT2D eigenvalue weighted by atomic mass is 79.9. The van der Waals surface area contributed by atoms with Gasteiger partial charge in [0.1, 0.15) is 16.3 Å². The molecule has 0 saturated carbocycles. The van der Waals surface area contributed by atoms with Gasteiger partial charge in [0.25, 0.3) is 5.56 Å². The first-order chi connectivity index (χ1) is 11.9. The van der Waals surface area contributed by atoms with Gasteiger partial charge in [0.05, 0.1) is 0 Å². The van der Waals surface area contributed by atoms with Crippen LogP contribution in [0.4, 0.5) is 0 Å². The summed E-state index contributed by atoms with van der Waals surface area (Å²) in [6.07, 6.45) is 2.11. The molecule has 0 bridgehead atoms. The summed E-state index contributed by atoms with van der Waals surface area (Å²) in [4.78, 5) is 32.8. The summed E-state index contributed by atoms with van der Waals surface area (Å²) in [5.41, 5.74) is 2.36. The van der Waals surface area contributed by atoms with Crippen LogP contribution in [0.1, 0.15) is 22.9 Å². The lowest BCUT2D eigenvalue weighted by Crippen LogP contribution is -2.48. The van der Waals surface area contributed by atoms with Gasteiger partial charge in [-0.15, -0.1) is 0 Å². The molecule has 1 saturated heterocycles. The summed E-state index contributed by atoms with van der Waals surface area (Å²) >= 11 is 3.32. The molecule has 1 aliphatic rings. The van der Waals surface area contributed by atoms with Crippen LogP contribution >= 0.6 is 15.9 Å². The highest BCUT2D eigenvalue weighted by molar-refractivity contribution is 9.10. The molecule has 0 radical (unpaired) electrons. The predicted molar refractivity (Wildman–Crippen MR) is 99.4 cm³/mol.